The van der Waals surface area contributed by atoms with Gasteiger partial charge in [-0.1, -0.05) is 24.3 Å². The summed E-state index contributed by atoms with van der Waals surface area (Å²) in [5, 5.41) is 10.0. The Morgan fingerprint density at radius 2 is 1.52 bits per heavy atom. The first kappa shape index (κ1) is 18.3. The highest BCUT2D eigenvalue weighted by Gasteiger charge is 2.34. The van der Waals surface area contributed by atoms with Crippen LogP contribution in [0.15, 0.2) is 36.4 Å². The molecule has 3 rings (SSSR count). The van der Waals surface area contributed by atoms with Gasteiger partial charge < -0.3 is 14.6 Å². The number of rotatable bonds is 5. The first-order chi connectivity index (χ1) is 12.9. The molecule has 7 heteroatoms. The molecule has 0 heterocycles. The number of aromatic hydroxyl groups is 1. The van der Waals surface area contributed by atoms with E-state index in [1.165, 1.54) is 36.4 Å². The molecule has 1 aliphatic carbocycles. The average molecular weight is 368 g/mol. The third kappa shape index (κ3) is 3.44. The minimum absolute atomic E-state index is 0.0824. The van der Waals surface area contributed by atoms with Crippen LogP contribution in [-0.4, -0.2) is 35.2 Å². The van der Waals surface area contributed by atoms with Gasteiger partial charge >= 0.3 is 11.9 Å². The highest BCUT2D eigenvalue weighted by Crippen LogP contribution is 2.36. The Balaban J connectivity index is 1.90. The second-order valence-corrected chi connectivity index (χ2v) is 5.82. The minimum Gasteiger partial charge on any atom is -0.507 e. The Bertz CT molecular complexity index is 959. The number of carbonyl (C=O) groups is 4. The number of phenolic OH excluding ortho intramolecular Hbond substituents is 1. The van der Waals surface area contributed by atoms with E-state index in [0.29, 0.717) is 0 Å². The lowest BCUT2D eigenvalue weighted by molar-refractivity contribution is -0.146. The van der Waals surface area contributed by atoms with Crippen LogP contribution >= 0.6 is 0 Å². The molecule has 0 saturated heterocycles. The fourth-order valence-electron chi connectivity index (χ4n) is 2.89. The maximum Gasteiger partial charge on any atom is 0.311 e. The number of ketones is 2. The molecule has 7 nitrogen and oxygen atoms in total. The van der Waals surface area contributed by atoms with Gasteiger partial charge in [0.05, 0.1) is 30.6 Å². The predicted octanol–water partition coefficient (Wildman–Crippen LogP) is 2.42. The van der Waals surface area contributed by atoms with E-state index in [-0.39, 0.29) is 53.2 Å². The molecule has 2 aromatic rings. The number of esters is 2. The molecule has 0 spiro atoms. The van der Waals surface area contributed by atoms with Crippen molar-refractivity contribution in [3.05, 3.63) is 58.7 Å². The molecule has 0 radical (unpaired) electrons. The standard InChI is InChI=1S/C20H16O7/c1-2-26-15(22)9-10-16(23)27-14-8-4-6-12-18(14)20(25)17-11(19(12)24)5-3-7-13(17)21/h3-8,21H,2,9-10H2,1H3. The van der Waals surface area contributed by atoms with Crippen molar-refractivity contribution in [3.8, 4) is 11.5 Å². The number of hydrogen-bond donors (Lipinski definition) is 1. The van der Waals surface area contributed by atoms with Gasteiger partial charge in [0.15, 0.2) is 5.78 Å². The van der Waals surface area contributed by atoms with Crippen molar-refractivity contribution in [2.24, 2.45) is 0 Å². The lowest BCUT2D eigenvalue weighted by Gasteiger charge is -2.20. The second-order valence-electron chi connectivity index (χ2n) is 5.82. The highest BCUT2D eigenvalue weighted by atomic mass is 16.5. The second kappa shape index (κ2) is 7.41. The van der Waals surface area contributed by atoms with E-state index < -0.39 is 23.5 Å². The summed E-state index contributed by atoms with van der Waals surface area (Å²) in [7, 11) is 0. The Labute approximate surface area is 154 Å². The van der Waals surface area contributed by atoms with Gasteiger partial charge in [-0.05, 0) is 19.1 Å². The van der Waals surface area contributed by atoms with Gasteiger partial charge in [0.25, 0.3) is 0 Å². The first-order valence-corrected chi connectivity index (χ1v) is 8.34. The quantitative estimate of drug-likeness (QED) is 0.544. The summed E-state index contributed by atoms with van der Waals surface area (Å²) in [6.07, 6.45) is -0.384. The zero-order valence-electron chi connectivity index (χ0n) is 14.5. The van der Waals surface area contributed by atoms with Gasteiger partial charge in [0.2, 0.25) is 5.78 Å². The summed E-state index contributed by atoms with van der Waals surface area (Å²) in [5.74, 6) is -2.73. The highest BCUT2D eigenvalue weighted by molar-refractivity contribution is 6.30. The van der Waals surface area contributed by atoms with Crippen LogP contribution in [0.5, 0.6) is 11.5 Å². The summed E-state index contributed by atoms with van der Waals surface area (Å²) in [5.41, 5.74) is -0.0157. The van der Waals surface area contributed by atoms with Crippen molar-refractivity contribution >= 4 is 23.5 Å². The number of carbonyl (C=O) groups excluding carboxylic acids is 4. The van der Waals surface area contributed by atoms with Gasteiger partial charge in [-0.15, -0.1) is 0 Å². The van der Waals surface area contributed by atoms with Crippen LogP contribution in [0.3, 0.4) is 0 Å². The van der Waals surface area contributed by atoms with Crippen molar-refractivity contribution in [1.82, 2.24) is 0 Å². The van der Waals surface area contributed by atoms with E-state index in [0.717, 1.165) is 0 Å². The third-order valence-corrected chi connectivity index (χ3v) is 4.07. The molecular formula is C20H16O7. The van der Waals surface area contributed by atoms with E-state index in [9.17, 15) is 24.3 Å². The number of ether oxygens (including phenoxy) is 2. The predicted molar refractivity (Wildman–Crippen MR) is 92.9 cm³/mol. The summed E-state index contributed by atoms with van der Waals surface area (Å²) in [4.78, 5) is 48.9. The van der Waals surface area contributed by atoms with Crippen molar-refractivity contribution in [2.45, 2.75) is 19.8 Å². The fourth-order valence-corrected chi connectivity index (χ4v) is 2.89. The van der Waals surface area contributed by atoms with E-state index >= 15 is 0 Å². The van der Waals surface area contributed by atoms with Crippen LogP contribution in [0.2, 0.25) is 0 Å². The number of benzene rings is 2. The molecule has 0 saturated carbocycles. The van der Waals surface area contributed by atoms with Crippen molar-refractivity contribution in [1.29, 1.82) is 0 Å². The van der Waals surface area contributed by atoms with Gasteiger partial charge in [-0.25, -0.2) is 0 Å². The van der Waals surface area contributed by atoms with Gasteiger partial charge in [-0.2, -0.15) is 0 Å². The first-order valence-electron chi connectivity index (χ1n) is 8.34. The van der Waals surface area contributed by atoms with E-state index in [1.54, 1.807) is 6.92 Å². The smallest absolute Gasteiger partial charge is 0.311 e. The molecular weight excluding hydrogens is 352 g/mol. The maximum absolute atomic E-state index is 12.9. The van der Waals surface area contributed by atoms with Crippen LogP contribution in [-0.2, 0) is 14.3 Å². The molecule has 27 heavy (non-hydrogen) atoms. The molecule has 0 aliphatic heterocycles. The van der Waals surface area contributed by atoms with Crippen molar-refractivity contribution in [3.63, 3.8) is 0 Å². The number of phenols is 1. The van der Waals surface area contributed by atoms with Crippen molar-refractivity contribution in [2.75, 3.05) is 6.61 Å². The summed E-state index contributed by atoms with van der Waals surface area (Å²) in [6, 6.07) is 8.57. The van der Waals surface area contributed by atoms with Gasteiger partial charge in [-0.3, -0.25) is 19.2 Å². The average Bonchev–Trinajstić information content (AvgIpc) is 2.64. The fraction of sp³-hybridized carbons (Fsp3) is 0.200. The van der Waals surface area contributed by atoms with Crippen LogP contribution in [0.1, 0.15) is 51.6 Å². The summed E-state index contributed by atoms with van der Waals surface area (Å²) in [6.45, 7) is 1.86. The third-order valence-electron chi connectivity index (χ3n) is 4.07. The lowest BCUT2D eigenvalue weighted by atomic mass is 9.83. The van der Waals surface area contributed by atoms with Crippen LogP contribution in [0.25, 0.3) is 0 Å². The zero-order chi connectivity index (χ0) is 19.6. The van der Waals surface area contributed by atoms with Gasteiger partial charge in [0.1, 0.15) is 11.5 Å². The molecule has 0 atom stereocenters. The topological polar surface area (TPSA) is 107 Å². The molecule has 138 valence electrons. The SMILES string of the molecule is CCOC(=O)CCC(=O)Oc1cccc2c1C(=O)c1c(O)cccc1C2=O. The lowest BCUT2D eigenvalue weighted by Crippen LogP contribution is -2.23. The number of fused-ring (bicyclic) bond motifs is 2. The van der Waals surface area contributed by atoms with E-state index in [2.05, 4.69) is 0 Å². The Kier molecular flexibility index (Phi) is 5.03. The molecule has 1 N–H and O–H groups in total. The molecule has 0 unspecified atom stereocenters. The van der Waals surface area contributed by atoms with Crippen LogP contribution in [0, 0.1) is 0 Å². The normalized spacial score (nSPS) is 12.2. The molecule has 2 aromatic carbocycles. The monoisotopic (exact) mass is 368 g/mol. The summed E-state index contributed by atoms with van der Waals surface area (Å²) < 4.78 is 9.96. The van der Waals surface area contributed by atoms with Crippen molar-refractivity contribution < 1.29 is 33.8 Å². The Hall–Kier alpha value is -3.48. The van der Waals surface area contributed by atoms with Crippen LogP contribution in [0.4, 0.5) is 0 Å². The van der Waals surface area contributed by atoms with E-state index in [1.807, 2.05) is 0 Å². The molecule has 0 bridgehead atoms. The molecule has 0 amide bonds. The van der Waals surface area contributed by atoms with E-state index in [4.69, 9.17) is 9.47 Å². The molecule has 0 fully saturated rings. The molecule has 0 aromatic heterocycles. The minimum atomic E-state index is -0.736. The largest absolute Gasteiger partial charge is 0.507 e. The number of hydrogen-bond acceptors (Lipinski definition) is 7. The Morgan fingerprint density at radius 1 is 0.889 bits per heavy atom. The zero-order valence-corrected chi connectivity index (χ0v) is 14.5. The summed E-state index contributed by atoms with van der Waals surface area (Å²) >= 11 is 0. The van der Waals surface area contributed by atoms with Gasteiger partial charge in [0, 0.05) is 11.1 Å². The molecule has 1 aliphatic rings. The maximum atomic E-state index is 12.9. The van der Waals surface area contributed by atoms with Crippen LogP contribution < -0.4 is 4.74 Å². The Morgan fingerprint density at radius 3 is 2.22 bits per heavy atom.